The summed E-state index contributed by atoms with van der Waals surface area (Å²) in [6, 6.07) is 2.05. The molecule has 1 aromatic rings. The van der Waals surface area contributed by atoms with Crippen molar-refractivity contribution in [1.29, 1.82) is 5.41 Å². The molecule has 2 aliphatic rings. The minimum absolute atomic E-state index is 0.776. The molecule has 102 valence electrons. The Balaban J connectivity index is 1.68. The van der Waals surface area contributed by atoms with E-state index in [1.54, 1.807) is 11.9 Å². The molecule has 0 amide bonds. The molecule has 3 rings (SSSR count). The maximum atomic E-state index is 7.44. The molecule has 1 aliphatic heterocycles. The average molecular weight is 276 g/mol. The van der Waals surface area contributed by atoms with Crippen molar-refractivity contribution in [3.8, 4) is 0 Å². The van der Waals surface area contributed by atoms with Gasteiger partial charge in [0.05, 0.1) is 0 Å². The quantitative estimate of drug-likeness (QED) is 0.656. The first-order valence-corrected chi connectivity index (χ1v) is 7.68. The van der Waals surface area contributed by atoms with Crippen molar-refractivity contribution in [2.24, 2.45) is 11.8 Å². The molecule has 0 radical (unpaired) electrons. The Bertz CT molecular complexity index is 465. The number of rotatable bonds is 4. The van der Waals surface area contributed by atoms with Gasteiger partial charge in [-0.25, -0.2) is 9.29 Å². The molecular formula is C14H20N4S. The Hall–Kier alpha value is -1.07. The zero-order chi connectivity index (χ0) is 13.2. The maximum absolute atomic E-state index is 7.44. The Kier molecular flexibility index (Phi) is 3.75. The Morgan fingerprint density at radius 1 is 1.42 bits per heavy atom. The van der Waals surface area contributed by atoms with Gasteiger partial charge in [0.25, 0.3) is 0 Å². The van der Waals surface area contributed by atoms with Crippen LogP contribution in [0, 0.1) is 17.2 Å². The standard InChI is InChI=1S/C14H20N4S/c1-16-14-12(6-15)5-13(7-17-14)19-18-8-10-3-2-4-11(10)9-18/h5-7,10-11,15H,2-4,8-9H2,1H3,(H,16,17)/t10-,11?/m1/s1. The van der Waals surface area contributed by atoms with E-state index in [1.807, 2.05) is 19.3 Å². The largest absolute Gasteiger partial charge is 0.373 e. The van der Waals surface area contributed by atoms with Gasteiger partial charge < -0.3 is 10.7 Å². The number of nitrogens with zero attached hydrogens (tertiary/aromatic N) is 2. The molecule has 1 aliphatic carbocycles. The number of pyridine rings is 1. The second kappa shape index (κ2) is 5.51. The van der Waals surface area contributed by atoms with Gasteiger partial charge >= 0.3 is 0 Å². The minimum Gasteiger partial charge on any atom is -0.373 e. The predicted octanol–water partition coefficient (Wildman–Crippen LogP) is 2.86. The van der Waals surface area contributed by atoms with E-state index in [2.05, 4.69) is 14.6 Å². The Morgan fingerprint density at radius 2 is 2.16 bits per heavy atom. The van der Waals surface area contributed by atoms with Gasteiger partial charge in [-0.15, -0.1) is 0 Å². The molecule has 0 spiro atoms. The highest BCUT2D eigenvalue weighted by molar-refractivity contribution is 7.97. The molecular weight excluding hydrogens is 256 g/mol. The molecule has 1 saturated heterocycles. The van der Waals surface area contributed by atoms with Crippen molar-refractivity contribution in [2.75, 3.05) is 25.5 Å². The summed E-state index contributed by atoms with van der Waals surface area (Å²) in [5.41, 5.74) is 0.854. The van der Waals surface area contributed by atoms with Gasteiger partial charge in [-0.1, -0.05) is 6.42 Å². The number of fused-ring (bicyclic) bond motifs is 1. The van der Waals surface area contributed by atoms with E-state index >= 15 is 0 Å². The fourth-order valence-electron chi connectivity index (χ4n) is 3.25. The molecule has 2 fully saturated rings. The lowest BCUT2D eigenvalue weighted by Gasteiger charge is -2.16. The van der Waals surface area contributed by atoms with Gasteiger partial charge in [0.2, 0.25) is 0 Å². The summed E-state index contributed by atoms with van der Waals surface area (Å²) in [6.45, 7) is 2.42. The third-order valence-electron chi connectivity index (χ3n) is 4.21. The second-order valence-electron chi connectivity index (χ2n) is 5.39. The lowest BCUT2D eigenvalue weighted by Crippen LogP contribution is -2.12. The topological polar surface area (TPSA) is 52.0 Å². The van der Waals surface area contributed by atoms with Crippen LogP contribution >= 0.6 is 11.9 Å². The fourth-order valence-corrected chi connectivity index (χ4v) is 4.36. The van der Waals surface area contributed by atoms with Crippen molar-refractivity contribution in [3.05, 3.63) is 17.8 Å². The Labute approximate surface area is 118 Å². The highest BCUT2D eigenvalue weighted by Gasteiger charge is 2.36. The highest BCUT2D eigenvalue weighted by Crippen LogP contribution is 2.41. The van der Waals surface area contributed by atoms with E-state index in [-0.39, 0.29) is 0 Å². The fraction of sp³-hybridized carbons (Fsp3) is 0.571. The molecule has 0 bridgehead atoms. The average Bonchev–Trinajstić information content (AvgIpc) is 2.99. The van der Waals surface area contributed by atoms with Crippen LogP contribution in [0.15, 0.2) is 17.2 Å². The normalized spacial score (nSPS) is 26.4. The molecule has 2 N–H and O–H groups in total. The van der Waals surface area contributed by atoms with Gasteiger partial charge in [-0.2, -0.15) is 0 Å². The van der Waals surface area contributed by atoms with Crippen LogP contribution < -0.4 is 5.32 Å². The van der Waals surface area contributed by atoms with Crippen molar-refractivity contribution in [1.82, 2.24) is 9.29 Å². The first-order chi connectivity index (χ1) is 9.30. The van der Waals surface area contributed by atoms with Crippen LogP contribution in [0.4, 0.5) is 5.82 Å². The third-order valence-corrected chi connectivity index (χ3v) is 5.20. The van der Waals surface area contributed by atoms with E-state index in [9.17, 15) is 0 Å². The van der Waals surface area contributed by atoms with E-state index in [1.165, 1.54) is 38.6 Å². The van der Waals surface area contributed by atoms with E-state index in [0.29, 0.717) is 0 Å². The van der Waals surface area contributed by atoms with Gasteiger partial charge in [0, 0.05) is 43.0 Å². The summed E-state index contributed by atoms with van der Waals surface area (Å²) in [5.74, 6) is 2.61. The van der Waals surface area contributed by atoms with Crippen molar-refractivity contribution < 1.29 is 0 Å². The Morgan fingerprint density at radius 3 is 2.79 bits per heavy atom. The van der Waals surface area contributed by atoms with Crippen LogP contribution in [0.25, 0.3) is 0 Å². The first kappa shape index (κ1) is 12.9. The number of anilines is 1. The van der Waals surface area contributed by atoms with Gasteiger partial charge in [0.15, 0.2) is 0 Å². The van der Waals surface area contributed by atoms with E-state index in [4.69, 9.17) is 5.41 Å². The van der Waals surface area contributed by atoms with Gasteiger partial charge in [-0.05, 0) is 42.7 Å². The van der Waals surface area contributed by atoms with Gasteiger partial charge in [-0.3, -0.25) is 0 Å². The predicted molar refractivity (Wildman–Crippen MR) is 79.9 cm³/mol. The maximum Gasteiger partial charge on any atom is 0.134 e. The molecule has 2 atom stereocenters. The number of hydrogen-bond donors (Lipinski definition) is 2. The zero-order valence-corrected chi connectivity index (χ0v) is 12.0. The highest BCUT2D eigenvalue weighted by atomic mass is 32.2. The molecule has 5 heteroatoms. The lowest BCUT2D eigenvalue weighted by atomic mass is 10.0. The van der Waals surface area contributed by atoms with Crippen LogP contribution in [-0.4, -0.2) is 35.6 Å². The van der Waals surface area contributed by atoms with Gasteiger partial charge in [0.1, 0.15) is 5.82 Å². The third kappa shape index (κ3) is 2.62. The van der Waals surface area contributed by atoms with Crippen molar-refractivity contribution in [3.63, 3.8) is 0 Å². The van der Waals surface area contributed by atoms with Crippen LogP contribution in [0.5, 0.6) is 0 Å². The smallest absolute Gasteiger partial charge is 0.134 e. The molecule has 0 aromatic carbocycles. The van der Waals surface area contributed by atoms with Crippen LogP contribution in [0.3, 0.4) is 0 Å². The zero-order valence-electron chi connectivity index (χ0n) is 11.2. The minimum atomic E-state index is 0.776. The second-order valence-corrected chi connectivity index (χ2v) is 6.56. The summed E-state index contributed by atoms with van der Waals surface area (Å²) in [6.07, 6.45) is 7.50. The van der Waals surface area contributed by atoms with Crippen LogP contribution in [0.2, 0.25) is 0 Å². The molecule has 1 saturated carbocycles. The number of hydrogen-bond acceptors (Lipinski definition) is 5. The molecule has 4 nitrogen and oxygen atoms in total. The number of nitrogens with one attached hydrogen (secondary N) is 2. The van der Waals surface area contributed by atoms with E-state index in [0.717, 1.165) is 28.1 Å². The first-order valence-electron chi connectivity index (χ1n) is 6.91. The number of aromatic nitrogens is 1. The van der Waals surface area contributed by atoms with Crippen molar-refractivity contribution in [2.45, 2.75) is 24.2 Å². The lowest BCUT2D eigenvalue weighted by molar-refractivity contribution is 0.494. The summed E-state index contributed by atoms with van der Waals surface area (Å²) in [4.78, 5) is 5.51. The summed E-state index contributed by atoms with van der Waals surface area (Å²) in [5, 5.41) is 10.5. The summed E-state index contributed by atoms with van der Waals surface area (Å²) < 4.78 is 2.47. The van der Waals surface area contributed by atoms with Crippen LogP contribution in [-0.2, 0) is 0 Å². The summed E-state index contributed by atoms with van der Waals surface area (Å²) in [7, 11) is 1.84. The monoisotopic (exact) mass is 276 g/mol. The van der Waals surface area contributed by atoms with Crippen LogP contribution in [0.1, 0.15) is 24.8 Å². The SMILES string of the molecule is CNc1ncc(SN2CC3CCC[C@@H]3C2)cc1C=N. The van der Waals surface area contributed by atoms with E-state index < -0.39 is 0 Å². The molecule has 1 unspecified atom stereocenters. The molecule has 19 heavy (non-hydrogen) atoms. The van der Waals surface area contributed by atoms with Crippen molar-refractivity contribution >= 4 is 24.0 Å². The molecule has 1 aromatic heterocycles. The summed E-state index contributed by atoms with van der Waals surface area (Å²) >= 11 is 1.80. The molecule has 2 heterocycles.